The number of carbonyl (C=O) groups is 2. The highest BCUT2D eigenvalue weighted by Crippen LogP contribution is 2.23. The van der Waals surface area contributed by atoms with Crippen molar-refractivity contribution in [3.63, 3.8) is 0 Å². The smallest absolute Gasteiger partial charge is 0.239 e. The second-order valence-corrected chi connectivity index (χ2v) is 6.07. The minimum atomic E-state index is -0.162. The second-order valence-electron chi connectivity index (χ2n) is 5.06. The Bertz CT molecular complexity index is 487. The lowest BCUT2D eigenvalue weighted by molar-refractivity contribution is -0.125. The van der Waals surface area contributed by atoms with Gasteiger partial charge in [-0.3, -0.25) is 9.59 Å². The van der Waals surface area contributed by atoms with Gasteiger partial charge in [-0.05, 0) is 39.3 Å². The van der Waals surface area contributed by atoms with Gasteiger partial charge < -0.3 is 10.6 Å². The number of amides is 2. The van der Waals surface area contributed by atoms with Gasteiger partial charge in [-0.25, -0.2) is 0 Å². The summed E-state index contributed by atoms with van der Waals surface area (Å²) in [6.07, 6.45) is 0. The Hall–Kier alpha value is -1.49. The Morgan fingerprint density at radius 2 is 1.90 bits per heavy atom. The van der Waals surface area contributed by atoms with E-state index in [1.54, 1.807) is 0 Å². The summed E-state index contributed by atoms with van der Waals surface area (Å²) in [4.78, 5) is 24.2. The zero-order valence-electron chi connectivity index (χ0n) is 12.4. The fourth-order valence-corrected chi connectivity index (χ4v) is 2.56. The second kappa shape index (κ2) is 7.94. The maximum atomic E-state index is 11.7. The van der Waals surface area contributed by atoms with Crippen molar-refractivity contribution in [1.82, 2.24) is 10.6 Å². The third kappa shape index (κ3) is 6.10. The van der Waals surface area contributed by atoms with E-state index in [-0.39, 0.29) is 24.4 Å². The number of rotatable bonds is 6. The molecule has 0 bridgehead atoms. The van der Waals surface area contributed by atoms with Crippen molar-refractivity contribution < 1.29 is 9.59 Å². The molecule has 1 rings (SSSR count). The molecule has 0 spiro atoms. The van der Waals surface area contributed by atoms with Gasteiger partial charge in [-0.15, -0.1) is 11.8 Å². The maximum absolute atomic E-state index is 11.7. The molecule has 1 aromatic rings. The molecule has 0 radical (unpaired) electrons. The van der Waals surface area contributed by atoms with E-state index in [2.05, 4.69) is 22.8 Å². The fraction of sp³-hybridized carbons (Fsp3) is 0.467. The van der Waals surface area contributed by atoms with Crippen molar-refractivity contribution in [2.45, 2.75) is 38.6 Å². The summed E-state index contributed by atoms with van der Waals surface area (Å²) >= 11 is 1.49. The average Bonchev–Trinajstić information content (AvgIpc) is 2.36. The highest BCUT2D eigenvalue weighted by atomic mass is 32.2. The summed E-state index contributed by atoms with van der Waals surface area (Å²) < 4.78 is 0. The number of thioether (sulfide) groups is 1. The number of hydrogen-bond acceptors (Lipinski definition) is 3. The van der Waals surface area contributed by atoms with Crippen LogP contribution in [0.15, 0.2) is 23.1 Å². The molecule has 4 nitrogen and oxygen atoms in total. The minimum Gasteiger partial charge on any atom is -0.352 e. The van der Waals surface area contributed by atoms with Crippen LogP contribution in [-0.2, 0) is 9.59 Å². The number of hydrogen-bond donors (Lipinski definition) is 2. The lowest BCUT2D eigenvalue weighted by Gasteiger charge is -2.10. The van der Waals surface area contributed by atoms with Gasteiger partial charge in [0.15, 0.2) is 0 Å². The van der Waals surface area contributed by atoms with Crippen LogP contribution in [0.4, 0.5) is 0 Å². The SMILES string of the molecule is Cc1ccc(C)c(SCC(=O)NCC(=O)NC(C)C)c1. The van der Waals surface area contributed by atoms with Crippen molar-refractivity contribution >= 4 is 23.6 Å². The van der Waals surface area contributed by atoms with Crippen molar-refractivity contribution in [1.29, 1.82) is 0 Å². The first kappa shape index (κ1) is 16.6. The fourth-order valence-electron chi connectivity index (χ4n) is 1.61. The topological polar surface area (TPSA) is 58.2 Å². The van der Waals surface area contributed by atoms with E-state index in [1.807, 2.05) is 33.8 Å². The van der Waals surface area contributed by atoms with Crippen LogP contribution in [0, 0.1) is 13.8 Å². The highest BCUT2D eigenvalue weighted by Gasteiger charge is 2.08. The van der Waals surface area contributed by atoms with Gasteiger partial charge >= 0.3 is 0 Å². The molecule has 0 fully saturated rings. The molecule has 0 saturated heterocycles. The zero-order valence-corrected chi connectivity index (χ0v) is 13.3. The molecule has 0 aliphatic heterocycles. The number of aryl methyl sites for hydroxylation is 2. The Balaban J connectivity index is 2.36. The van der Waals surface area contributed by atoms with E-state index in [1.165, 1.54) is 17.3 Å². The van der Waals surface area contributed by atoms with Crippen LogP contribution in [0.25, 0.3) is 0 Å². The number of carbonyl (C=O) groups excluding carboxylic acids is 2. The molecule has 0 atom stereocenters. The molecule has 2 amide bonds. The molecule has 2 N–H and O–H groups in total. The molecule has 0 heterocycles. The van der Waals surface area contributed by atoms with Gasteiger partial charge in [0.1, 0.15) is 0 Å². The summed E-state index contributed by atoms with van der Waals surface area (Å²) in [6.45, 7) is 7.85. The number of nitrogens with one attached hydrogen (secondary N) is 2. The Morgan fingerprint density at radius 3 is 2.55 bits per heavy atom. The van der Waals surface area contributed by atoms with Crippen molar-refractivity contribution in [3.05, 3.63) is 29.3 Å². The summed E-state index contributed by atoms with van der Waals surface area (Å²) in [5.41, 5.74) is 2.33. The van der Waals surface area contributed by atoms with Crippen LogP contribution in [-0.4, -0.2) is 30.2 Å². The predicted molar refractivity (Wildman–Crippen MR) is 82.9 cm³/mol. The molecule has 1 aromatic carbocycles. The van der Waals surface area contributed by atoms with E-state index in [9.17, 15) is 9.59 Å². The van der Waals surface area contributed by atoms with Crippen molar-refractivity contribution in [2.75, 3.05) is 12.3 Å². The van der Waals surface area contributed by atoms with Gasteiger partial charge in [-0.1, -0.05) is 17.7 Å². The average molecular weight is 294 g/mol. The van der Waals surface area contributed by atoms with Crippen molar-refractivity contribution in [2.24, 2.45) is 0 Å². The van der Waals surface area contributed by atoms with Gasteiger partial charge in [0.2, 0.25) is 11.8 Å². The summed E-state index contributed by atoms with van der Waals surface area (Å²) in [7, 11) is 0. The molecule has 110 valence electrons. The van der Waals surface area contributed by atoms with Crippen LogP contribution < -0.4 is 10.6 Å². The standard InChI is InChI=1S/C15H22N2O2S/c1-10(2)17-14(18)8-16-15(19)9-20-13-7-11(3)5-6-12(13)4/h5-7,10H,8-9H2,1-4H3,(H,16,19)(H,17,18). The monoisotopic (exact) mass is 294 g/mol. The predicted octanol–water partition coefficient (Wildman–Crippen LogP) is 2.04. The van der Waals surface area contributed by atoms with E-state index in [0.717, 1.165) is 10.5 Å². The van der Waals surface area contributed by atoms with E-state index in [0.29, 0.717) is 5.75 Å². The highest BCUT2D eigenvalue weighted by molar-refractivity contribution is 8.00. The molecule has 0 aliphatic rings. The van der Waals surface area contributed by atoms with Crippen LogP contribution >= 0.6 is 11.8 Å². The lowest BCUT2D eigenvalue weighted by atomic mass is 10.2. The first-order chi connectivity index (χ1) is 9.38. The van der Waals surface area contributed by atoms with E-state index >= 15 is 0 Å². The summed E-state index contributed by atoms with van der Waals surface area (Å²) in [6, 6.07) is 6.25. The van der Waals surface area contributed by atoms with Crippen LogP contribution in [0.5, 0.6) is 0 Å². The lowest BCUT2D eigenvalue weighted by Crippen LogP contribution is -2.40. The summed E-state index contributed by atoms with van der Waals surface area (Å²) in [5, 5.41) is 5.35. The third-order valence-corrected chi connectivity index (χ3v) is 3.76. The molecule has 0 unspecified atom stereocenters. The van der Waals surface area contributed by atoms with Crippen molar-refractivity contribution in [3.8, 4) is 0 Å². The molecular weight excluding hydrogens is 272 g/mol. The molecule has 0 aliphatic carbocycles. The molecule has 0 aromatic heterocycles. The minimum absolute atomic E-state index is 0.0321. The molecule has 5 heteroatoms. The first-order valence-corrected chi connectivity index (χ1v) is 7.63. The Morgan fingerprint density at radius 1 is 1.20 bits per heavy atom. The molecular formula is C15H22N2O2S. The first-order valence-electron chi connectivity index (χ1n) is 6.64. The zero-order chi connectivity index (χ0) is 15.1. The summed E-state index contributed by atoms with van der Waals surface area (Å²) in [5.74, 6) is 0.0269. The molecule has 0 saturated carbocycles. The molecule has 20 heavy (non-hydrogen) atoms. The van der Waals surface area contributed by atoms with E-state index in [4.69, 9.17) is 0 Å². The maximum Gasteiger partial charge on any atom is 0.239 e. The van der Waals surface area contributed by atoms with Gasteiger partial charge in [0.25, 0.3) is 0 Å². The van der Waals surface area contributed by atoms with Crippen LogP contribution in [0.3, 0.4) is 0 Å². The van der Waals surface area contributed by atoms with Gasteiger partial charge in [0, 0.05) is 10.9 Å². The quantitative estimate of drug-likeness (QED) is 0.789. The number of benzene rings is 1. The van der Waals surface area contributed by atoms with E-state index < -0.39 is 0 Å². The van der Waals surface area contributed by atoms with Gasteiger partial charge in [0.05, 0.1) is 12.3 Å². The van der Waals surface area contributed by atoms with Gasteiger partial charge in [-0.2, -0.15) is 0 Å². The normalized spacial score (nSPS) is 10.4. The Labute approximate surface area is 124 Å². The third-order valence-electron chi connectivity index (χ3n) is 2.60. The largest absolute Gasteiger partial charge is 0.352 e. The Kier molecular flexibility index (Phi) is 6.58. The van der Waals surface area contributed by atoms with Crippen LogP contribution in [0.2, 0.25) is 0 Å². The van der Waals surface area contributed by atoms with Crippen LogP contribution in [0.1, 0.15) is 25.0 Å².